The zero-order valence-corrected chi connectivity index (χ0v) is 11.2. The first-order chi connectivity index (χ1) is 9.26. The summed E-state index contributed by atoms with van der Waals surface area (Å²) in [5, 5.41) is 2.93. The molecule has 1 fully saturated rings. The van der Waals surface area contributed by atoms with Gasteiger partial charge in [0, 0.05) is 20.1 Å². The van der Waals surface area contributed by atoms with Crippen LogP contribution in [0.4, 0.5) is 5.95 Å². The first-order valence-corrected chi connectivity index (χ1v) is 6.50. The fourth-order valence-corrected chi connectivity index (χ4v) is 2.26. The summed E-state index contributed by atoms with van der Waals surface area (Å²) < 4.78 is 6.03. The van der Waals surface area contributed by atoms with Crippen LogP contribution in [0.15, 0.2) is 6.33 Å². The van der Waals surface area contributed by atoms with Gasteiger partial charge in [0.2, 0.25) is 11.8 Å². The molecule has 3 rings (SSSR count). The lowest BCUT2D eigenvalue weighted by atomic mass is 10.1. The Morgan fingerprint density at radius 3 is 2.89 bits per heavy atom. The number of piperidine rings is 1. The summed E-state index contributed by atoms with van der Waals surface area (Å²) in [4.78, 5) is 18.1. The van der Waals surface area contributed by atoms with Crippen molar-refractivity contribution in [2.24, 2.45) is 0 Å². The number of H-pyrrole nitrogens is 1. The van der Waals surface area contributed by atoms with Crippen LogP contribution >= 0.6 is 0 Å². The van der Waals surface area contributed by atoms with Crippen molar-refractivity contribution in [3.8, 4) is 5.88 Å². The van der Waals surface area contributed by atoms with Crippen molar-refractivity contribution >= 4 is 17.1 Å². The number of likely N-dealkylation sites (tertiary alicyclic amines) is 1. The molecule has 2 N–H and O–H groups in total. The fraction of sp³-hybridized carbons (Fsp3) is 0.583. The van der Waals surface area contributed by atoms with Crippen molar-refractivity contribution in [2.45, 2.75) is 18.9 Å². The number of aromatic nitrogens is 4. The molecule has 19 heavy (non-hydrogen) atoms. The summed E-state index contributed by atoms with van der Waals surface area (Å²) in [6.07, 6.45) is 3.86. The number of hydrogen-bond acceptors (Lipinski definition) is 6. The molecular formula is C12H18N6O. The molecular weight excluding hydrogens is 244 g/mol. The predicted octanol–water partition coefficient (Wildman–Crippen LogP) is 0.868. The normalized spacial score (nSPS) is 17.8. The Labute approximate surface area is 111 Å². The van der Waals surface area contributed by atoms with E-state index in [1.54, 1.807) is 13.4 Å². The van der Waals surface area contributed by atoms with Crippen LogP contribution in [0, 0.1) is 0 Å². The average Bonchev–Trinajstić information content (AvgIpc) is 2.89. The van der Waals surface area contributed by atoms with Crippen molar-refractivity contribution in [1.29, 1.82) is 0 Å². The molecule has 0 saturated carbocycles. The molecule has 3 heterocycles. The maximum absolute atomic E-state index is 6.03. The molecule has 0 unspecified atom stereocenters. The van der Waals surface area contributed by atoms with E-state index in [4.69, 9.17) is 4.74 Å². The van der Waals surface area contributed by atoms with E-state index in [0.29, 0.717) is 17.5 Å². The third-order valence-corrected chi connectivity index (χ3v) is 3.42. The van der Waals surface area contributed by atoms with E-state index >= 15 is 0 Å². The second-order valence-electron chi connectivity index (χ2n) is 4.82. The van der Waals surface area contributed by atoms with Crippen molar-refractivity contribution in [3.63, 3.8) is 0 Å². The maximum atomic E-state index is 6.03. The van der Waals surface area contributed by atoms with Gasteiger partial charge in [-0.2, -0.15) is 9.97 Å². The van der Waals surface area contributed by atoms with Gasteiger partial charge in [0.1, 0.15) is 11.6 Å². The Balaban J connectivity index is 1.85. The molecule has 2 aromatic rings. The van der Waals surface area contributed by atoms with E-state index in [2.05, 4.69) is 37.2 Å². The highest BCUT2D eigenvalue weighted by molar-refractivity contribution is 5.76. The molecule has 0 amide bonds. The Morgan fingerprint density at radius 1 is 1.37 bits per heavy atom. The Bertz CT molecular complexity index is 560. The summed E-state index contributed by atoms with van der Waals surface area (Å²) in [5.41, 5.74) is 1.39. The summed E-state index contributed by atoms with van der Waals surface area (Å²) in [6.45, 7) is 2.11. The number of hydrogen-bond donors (Lipinski definition) is 2. The van der Waals surface area contributed by atoms with Crippen LogP contribution in [0.5, 0.6) is 5.88 Å². The highest BCUT2D eigenvalue weighted by Gasteiger charge is 2.20. The fourth-order valence-electron chi connectivity index (χ4n) is 2.26. The highest BCUT2D eigenvalue weighted by Crippen LogP contribution is 2.24. The predicted molar refractivity (Wildman–Crippen MR) is 72.4 cm³/mol. The zero-order valence-electron chi connectivity index (χ0n) is 11.2. The van der Waals surface area contributed by atoms with Gasteiger partial charge < -0.3 is 19.9 Å². The topological polar surface area (TPSA) is 79.0 Å². The van der Waals surface area contributed by atoms with E-state index in [9.17, 15) is 0 Å². The third-order valence-electron chi connectivity index (χ3n) is 3.42. The largest absolute Gasteiger partial charge is 0.473 e. The van der Waals surface area contributed by atoms with Crippen LogP contribution in [-0.2, 0) is 0 Å². The van der Waals surface area contributed by atoms with Gasteiger partial charge in [0.05, 0.1) is 6.33 Å². The lowest BCUT2D eigenvalue weighted by Crippen LogP contribution is -2.35. The summed E-state index contributed by atoms with van der Waals surface area (Å²) in [6, 6.07) is 0. The van der Waals surface area contributed by atoms with E-state index in [1.165, 1.54) is 0 Å². The number of fused-ring (bicyclic) bond motifs is 1. The van der Waals surface area contributed by atoms with Crippen molar-refractivity contribution < 1.29 is 4.74 Å². The average molecular weight is 262 g/mol. The third kappa shape index (κ3) is 2.46. The molecule has 7 nitrogen and oxygen atoms in total. The number of aromatic amines is 1. The van der Waals surface area contributed by atoms with Gasteiger partial charge >= 0.3 is 0 Å². The van der Waals surface area contributed by atoms with Gasteiger partial charge in [-0.1, -0.05) is 0 Å². The molecule has 1 aliphatic rings. The molecule has 1 saturated heterocycles. The first kappa shape index (κ1) is 12.2. The molecule has 7 heteroatoms. The Kier molecular flexibility index (Phi) is 3.20. The Hall–Kier alpha value is -1.89. The van der Waals surface area contributed by atoms with Gasteiger partial charge in [-0.25, -0.2) is 4.98 Å². The molecule has 1 aliphatic heterocycles. The molecule has 0 aliphatic carbocycles. The standard InChI is InChI=1S/C12H18N6O/c1-13-12-16-10-9(14-7-15-10)11(17-12)19-8-3-5-18(2)6-4-8/h7-8H,3-6H2,1-2H3,(H2,13,14,15,16,17). The zero-order chi connectivity index (χ0) is 13.2. The first-order valence-electron chi connectivity index (χ1n) is 6.50. The van der Waals surface area contributed by atoms with E-state index in [0.717, 1.165) is 31.4 Å². The van der Waals surface area contributed by atoms with E-state index in [1.807, 2.05) is 0 Å². The van der Waals surface area contributed by atoms with Gasteiger partial charge in [0.25, 0.3) is 0 Å². The lowest BCUT2D eigenvalue weighted by Gasteiger charge is -2.28. The molecule has 102 valence electrons. The monoisotopic (exact) mass is 262 g/mol. The minimum atomic E-state index is 0.210. The summed E-state index contributed by atoms with van der Waals surface area (Å²) in [5.74, 6) is 1.11. The smallest absolute Gasteiger partial charge is 0.245 e. The van der Waals surface area contributed by atoms with Gasteiger partial charge in [-0.15, -0.1) is 0 Å². The van der Waals surface area contributed by atoms with Crippen molar-refractivity contribution in [2.75, 3.05) is 32.5 Å². The van der Waals surface area contributed by atoms with Gasteiger partial charge in [0.15, 0.2) is 5.65 Å². The minimum Gasteiger partial charge on any atom is -0.473 e. The molecule has 0 aromatic carbocycles. The molecule has 2 aromatic heterocycles. The van der Waals surface area contributed by atoms with Crippen molar-refractivity contribution in [1.82, 2.24) is 24.8 Å². The number of rotatable bonds is 3. The molecule has 0 bridgehead atoms. The van der Waals surface area contributed by atoms with E-state index in [-0.39, 0.29) is 6.10 Å². The highest BCUT2D eigenvalue weighted by atomic mass is 16.5. The number of ether oxygens (including phenoxy) is 1. The van der Waals surface area contributed by atoms with Crippen LogP contribution in [0.3, 0.4) is 0 Å². The van der Waals surface area contributed by atoms with Crippen molar-refractivity contribution in [3.05, 3.63) is 6.33 Å². The van der Waals surface area contributed by atoms with Crippen LogP contribution in [0.2, 0.25) is 0 Å². The lowest BCUT2D eigenvalue weighted by molar-refractivity contribution is 0.111. The summed E-state index contributed by atoms with van der Waals surface area (Å²) >= 11 is 0. The summed E-state index contributed by atoms with van der Waals surface area (Å²) in [7, 11) is 3.92. The van der Waals surface area contributed by atoms with Gasteiger partial charge in [-0.3, -0.25) is 0 Å². The Morgan fingerprint density at radius 2 is 2.16 bits per heavy atom. The van der Waals surface area contributed by atoms with E-state index < -0.39 is 0 Å². The molecule has 0 spiro atoms. The number of nitrogens with zero attached hydrogens (tertiary/aromatic N) is 4. The second-order valence-corrected chi connectivity index (χ2v) is 4.82. The second kappa shape index (κ2) is 5.00. The van der Waals surface area contributed by atoms with Crippen LogP contribution in [0.1, 0.15) is 12.8 Å². The molecule has 0 radical (unpaired) electrons. The molecule has 0 atom stereocenters. The quantitative estimate of drug-likeness (QED) is 0.854. The minimum absolute atomic E-state index is 0.210. The van der Waals surface area contributed by atoms with Crippen LogP contribution < -0.4 is 10.1 Å². The van der Waals surface area contributed by atoms with Crippen LogP contribution in [-0.4, -0.2) is 58.1 Å². The van der Waals surface area contributed by atoms with Crippen LogP contribution in [0.25, 0.3) is 11.2 Å². The SMILES string of the molecule is CNc1nc(OC2CCN(C)CC2)c2[nH]cnc2n1. The maximum Gasteiger partial charge on any atom is 0.245 e. The number of imidazole rings is 1. The van der Waals surface area contributed by atoms with Gasteiger partial charge in [-0.05, 0) is 19.9 Å². The number of nitrogens with one attached hydrogen (secondary N) is 2. The number of anilines is 1.